The van der Waals surface area contributed by atoms with Gasteiger partial charge in [0.05, 0.1) is 18.2 Å². The SMILES string of the molecule is COc1ccccc1/C=N\NS(=O)(=O)c1ccc(NC(C)=O)cc1. The van der Waals surface area contributed by atoms with Crippen LogP contribution in [0.5, 0.6) is 5.75 Å². The van der Waals surface area contributed by atoms with E-state index in [0.29, 0.717) is 17.0 Å². The van der Waals surface area contributed by atoms with Crippen molar-refractivity contribution in [3.05, 3.63) is 54.1 Å². The summed E-state index contributed by atoms with van der Waals surface area (Å²) in [5.41, 5.74) is 1.16. The van der Waals surface area contributed by atoms with Gasteiger partial charge in [-0.05, 0) is 36.4 Å². The Morgan fingerprint density at radius 1 is 1.12 bits per heavy atom. The van der Waals surface area contributed by atoms with Crippen LogP contribution in [0.4, 0.5) is 5.69 Å². The van der Waals surface area contributed by atoms with E-state index >= 15 is 0 Å². The van der Waals surface area contributed by atoms with E-state index in [4.69, 9.17) is 4.74 Å². The third-order valence-electron chi connectivity index (χ3n) is 3.00. The summed E-state index contributed by atoms with van der Waals surface area (Å²) in [5, 5.41) is 6.32. The number of hydrazone groups is 1. The van der Waals surface area contributed by atoms with Crippen LogP contribution in [0.25, 0.3) is 0 Å². The van der Waals surface area contributed by atoms with Gasteiger partial charge in [-0.2, -0.15) is 13.5 Å². The molecule has 0 spiro atoms. The van der Waals surface area contributed by atoms with Gasteiger partial charge in [0, 0.05) is 18.2 Å². The summed E-state index contributed by atoms with van der Waals surface area (Å²) < 4.78 is 29.5. The van der Waals surface area contributed by atoms with Gasteiger partial charge in [0.25, 0.3) is 10.0 Å². The van der Waals surface area contributed by atoms with E-state index in [1.165, 1.54) is 44.5 Å². The zero-order valence-electron chi connectivity index (χ0n) is 13.2. The van der Waals surface area contributed by atoms with Crippen LogP contribution in [0.3, 0.4) is 0 Å². The van der Waals surface area contributed by atoms with Gasteiger partial charge >= 0.3 is 0 Å². The van der Waals surface area contributed by atoms with Crippen molar-refractivity contribution in [2.45, 2.75) is 11.8 Å². The standard InChI is InChI=1S/C16H17N3O4S/c1-12(20)18-14-7-9-15(10-8-14)24(21,22)19-17-11-13-5-3-4-6-16(13)23-2/h3-11,19H,1-2H3,(H,18,20)/b17-11-. The predicted octanol–water partition coefficient (Wildman–Crippen LogP) is 1.97. The first-order valence-electron chi connectivity index (χ1n) is 6.98. The number of nitrogens with zero attached hydrogens (tertiary/aromatic N) is 1. The van der Waals surface area contributed by atoms with Gasteiger partial charge in [-0.3, -0.25) is 4.79 Å². The molecule has 7 nitrogen and oxygen atoms in total. The summed E-state index contributed by atoms with van der Waals surface area (Å²) in [6, 6.07) is 12.9. The van der Waals surface area contributed by atoms with Gasteiger partial charge in [0.15, 0.2) is 0 Å². The summed E-state index contributed by atoms with van der Waals surface area (Å²) in [6.45, 7) is 1.37. The topological polar surface area (TPSA) is 96.9 Å². The average Bonchev–Trinajstić information content (AvgIpc) is 2.55. The van der Waals surface area contributed by atoms with Crippen molar-refractivity contribution in [3.63, 3.8) is 0 Å². The molecule has 0 aromatic heterocycles. The average molecular weight is 347 g/mol. The number of sulfonamides is 1. The quantitative estimate of drug-likeness (QED) is 0.617. The van der Waals surface area contributed by atoms with E-state index in [-0.39, 0.29) is 10.8 Å². The number of para-hydroxylation sites is 1. The number of anilines is 1. The van der Waals surface area contributed by atoms with E-state index in [1.54, 1.807) is 24.3 Å². The molecule has 2 aromatic rings. The maximum absolute atomic E-state index is 12.2. The minimum atomic E-state index is -3.80. The minimum absolute atomic E-state index is 0.0359. The number of nitrogens with one attached hydrogen (secondary N) is 2. The molecule has 1 amide bonds. The molecule has 0 unspecified atom stereocenters. The molecule has 0 bridgehead atoms. The van der Waals surface area contributed by atoms with Crippen molar-refractivity contribution in [2.75, 3.05) is 12.4 Å². The second kappa shape index (κ2) is 7.60. The van der Waals surface area contributed by atoms with Gasteiger partial charge in [0.1, 0.15) is 5.75 Å². The number of carbonyl (C=O) groups excluding carboxylic acids is 1. The molecule has 126 valence electrons. The summed E-state index contributed by atoms with van der Waals surface area (Å²) in [4.78, 5) is 13.1. The maximum Gasteiger partial charge on any atom is 0.276 e. The fourth-order valence-electron chi connectivity index (χ4n) is 1.91. The van der Waals surface area contributed by atoms with Crippen LogP contribution in [0.1, 0.15) is 12.5 Å². The Balaban J connectivity index is 2.10. The molecule has 0 aliphatic heterocycles. The molecule has 0 saturated carbocycles. The highest BCUT2D eigenvalue weighted by Crippen LogP contribution is 2.16. The highest BCUT2D eigenvalue weighted by molar-refractivity contribution is 7.89. The zero-order chi connectivity index (χ0) is 17.6. The summed E-state index contributed by atoms with van der Waals surface area (Å²) >= 11 is 0. The summed E-state index contributed by atoms with van der Waals surface area (Å²) in [7, 11) is -2.28. The molecule has 0 saturated heterocycles. The molecular weight excluding hydrogens is 330 g/mol. The van der Waals surface area contributed by atoms with Gasteiger partial charge in [-0.1, -0.05) is 12.1 Å². The Bertz CT molecular complexity index is 846. The molecule has 0 fully saturated rings. The first-order valence-corrected chi connectivity index (χ1v) is 8.46. The lowest BCUT2D eigenvalue weighted by atomic mass is 10.2. The maximum atomic E-state index is 12.2. The lowest BCUT2D eigenvalue weighted by Gasteiger charge is -2.06. The second-order valence-corrected chi connectivity index (χ2v) is 6.46. The molecule has 0 aliphatic carbocycles. The monoisotopic (exact) mass is 347 g/mol. The second-order valence-electron chi connectivity index (χ2n) is 4.80. The Hall–Kier alpha value is -2.87. The smallest absolute Gasteiger partial charge is 0.276 e. The van der Waals surface area contributed by atoms with Gasteiger partial charge in [-0.25, -0.2) is 4.83 Å². The van der Waals surface area contributed by atoms with E-state index in [0.717, 1.165) is 0 Å². The number of methoxy groups -OCH3 is 1. The number of rotatable bonds is 6. The van der Waals surface area contributed by atoms with E-state index in [2.05, 4.69) is 15.2 Å². The molecule has 0 atom stereocenters. The third-order valence-corrected chi connectivity index (χ3v) is 4.24. The Labute approximate surface area is 140 Å². The van der Waals surface area contributed by atoms with E-state index in [1.807, 2.05) is 0 Å². The highest BCUT2D eigenvalue weighted by atomic mass is 32.2. The summed E-state index contributed by atoms with van der Waals surface area (Å²) in [5.74, 6) is 0.352. The predicted molar refractivity (Wildman–Crippen MR) is 91.7 cm³/mol. The first-order chi connectivity index (χ1) is 11.4. The lowest BCUT2D eigenvalue weighted by Crippen LogP contribution is -2.18. The van der Waals surface area contributed by atoms with Crippen LogP contribution in [0, 0.1) is 0 Å². The highest BCUT2D eigenvalue weighted by Gasteiger charge is 2.12. The van der Waals surface area contributed by atoms with Gasteiger partial charge < -0.3 is 10.1 Å². The number of hydrogen-bond acceptors (Lipinski definition) is 5. The molecule has 2 N–H and O–H groups in total. The van der Waals surface area contributed by atoms with Crippen LogP contribution in [0.2, 0.25) is 0 Å². The number of ether oxygens (including phenoxy) is 1. The van der Waals surface area contributed by atoms with Crippen LogP contribution in [-0.2, 0) is 14.8 Å². The Morgan fingerprint density at radius 3 is 2.42 bits per heavy atom. The Morgan fingerprint density at radius 2 is 1.79 bits per heavy atom. The van der Waals surface area contributed by atoms with E-state index in [9.17, 15) is 13.2 Å². The lowest BCUT2D eigenvalue weighted by molar-refractivity contribution is -0.114. The van der Waals surface area contributed by atoms with Crippen LogP contribution in [0.15, 0.2) is 58.5 Å². The molecule has 2 rings (SSSR count). The fraction of sp³-hybridized carbons (Fsp3) is 0.125. The van der Waals surface area contributed by atoms with Crippen molar-refractivity contribution in [1.82, 2.24) is 4.83 Å². The Kier molecular flexibility index (Phi) is 5.54. The normalized spacial score (nSPS) is 11.2. The molecule has 0 aliphatic rings. The van der Waals surface area contributed by atoms with Crippen LogP contribution < -0.4 is 14.9 Å². The minimum Gasteiger partial charge on any atom is -0.496 e. The first kappa shape index (κ1) is 17.5. The summed E-state index contributed by atoms with van der Waals surface area (Å²) in [6.07, 6.45) is 1.36. The van der Waals surface area contributed by atoms with E-state index < -0.39 is 10.0 Å². The van der Waals surface area contributed by atoms with Crippen molar-refractivity contribution >= 4 is 27.8 Å². The molecule has 8 heteroatoms. The van der Waals surface area contributed by atoms with Crippen molar-refractivity contribution in [1.29, 1.82) is 0 Å². The van der Waals surface area contributed by atoms with Crippen LogP contribution in [-0.4, -0.2) is 27.6 Å². The molecule has 2 aromatic carbocycles. The number of carbonyl (C=O) groups is 1. The van der Waals surface area contributed by atoms with Gasteiger partial charge in [0.2, 0.25) is 5.91 Å². The van der Waals surface area contributed by atoms with Crippen molar-refractivity contribution in [2.24, 2.45) is 5.10 Å². The molecule has 0 heterocycles. The number of hydrogen-bond donors (Lipinski definition) is 2. The van der Waals surface area contributed by atoms with Gasteiger partial charge in [-0.15, -0.1) is 0 Å². The largest absolute Gasteiger partial charge is 0.496 e. The van der Waals surface area contributed by atoms with Crippen molar-refractivity contribution < 1.29 is 17.9 Å². The zero-order valence-corrected chi connectivity index (χ0v) is 14.0. The molecule has 24 heavy (non-hydrogen) atoms. The fourth-order valence-corrected chi connectivity index (χ4v) is 2.70. The molecular formula is C16H17N3O4S. The number of benzene rings is 2. The third kappa shape index (κ3) is 4.56. The van der Waals surface area contributed by atoms with Crippen molar-refractivity contribution in [3.8, 4) is 5.75 Å². The number of amides is 1. The molecule has 0 radical (unpaired) electrons. The van der Waals surface area contributed by atoms with Crippen LogP contribution >= 0.6 is 0 Å².